The Labute approximate surface area is 107 Å². The first-order valence-corrected chi connectivity index (χ1v) is 6.68. The van der Waals surface area contributed by atoms with E-state index in [2.05, 4.69) is 16.8 Å². The monoisotopic (exact) mass is 245 g/mol. The molecule has 1 atom stereocenters. The zero-order valence-corrected chi connectivity index (χ0v) is 10.7. The second-order valence-corrected chi connectivity index (χ2v) is 5.05. The molecule has 1 aromatic carbocycles. The average Bonchev–Trinajstić information content (AvgIpc) is 2.84. The molecule has 1 unspecified atom stereocenters. The summed E-state index contributed by atoms with van der Waals surface area (Å²) in [7, 11) is 0. The highest BCUT2D eigenvalue weighted by atomic mass is 16.4. The number of nitrogen functional groups attached to an aromatic ring is 1. The Kier molecular flexibility index (Phi) is 2.86. The van der Waals surface area contributed by atoms with Gasteiger partial charge in [-0.25, -0.2) is 0 Å². The molecule has 96 valence electrons. The predicted octanol–water partition coefficient (Wildman–Crippen LogP) is 3.04. The minimum Gasteiger partial charge on any atom is -0.423 e. The van der Waals surface area contributed by atoms with Crippen LogP contribution in [0.25, 0.3) is 11.1 Å². The Morgan fingerprint density at radius 3 is 3.17 bits per heavy atom. The molecule has 2 aromatic rings. The second-order valence-electron chi connectivity index (χ2n) is 5.05. The predicted molar refractivity (Wildman–Crippen MR) is 73.6 cm³/mol. The summed E-state index contributed by atoms with van der Waals surface area (Å²) < 4.78 is 5.82. The third-order valence-corrected chi connectivity index (χ3v) is 3.81. The van der Waals surface area contributed by atoms with E-state index in [1.807, 2.05) is 18.2 Å². The van der Waals surface area contributed by atoms with Gasteiger partial charge < -0.3 is 15.1 Å². The molecule has 4 nitrogen and oxygen atoms in total. The van der Waals surface area contributed by atoms with Gasteiger partial charge in [0.15, 0.2) is 5.58 Å². The van der Waals surface area contributed by atoms with Crippen molar-refractivity contribution in [1.29, 1.82) is 0 Å². The van der Waals surface area contributed by atoms with Gasteiger partial charge in [-0.2, -0.15) is 4.98 Å². The summed E-state index contributed by atoms with van der Waals surface area (Å²) in [5.74, 6) is 0.756. The molecule has 1 fully saturated rings. The van der Waals surface area contributed by atoms with E-state index in [9.17, 15) is 0 Å². The van der Waals surface area contributed by atoms with Gasteiger partial charge in [0.1, 0.15) is 5.52 Å². The van der Waals surface area contributed by atoms with Crippen LogP contribution in [0.1, 0.15) is 26.2 Å². The van der Waals surface area contributed by atoms with E-state index in [0.29, 0.717) is 5.69 Å². The second kappa shape index (κ2) is 4.52. The van der Waals surface area contributed by atoms with Gasteiger partial charge in [0, 0.05) is 13.1 Å². The van der Waals surface area contributed by atoms with Gasteiger partial charge in [-0.3, -0.25) is 0 Å². The fraction of sp³-hybridized carbons (Fsp3) is 0.500. The van der Waals surface area contributed by atoms with Crippen molar-refractivity contribution in [1.82, 2.24) is 4.98 Å². The molecular weight excluding hydrogens is 226 g/mol. The summed E-state index contributed by atoms with van der Waals surface area (Å²) in [4.78, 5) is 6.79. The van der Waals surface area contributed by atoms with E-state index in [1.54, 1.807) is 0 Å². The molecule has 0 spiro atoms. The van der Waals surface area contributed by atoms with Crippen LogP contribution in [-0.2, 0) is 0 Å². The molecule has 0 radical (unpaired) electrons. The lowest BCUT2D eigenvalue weighted by atomic mass is 9.96. The lowest BCUT2D eigenvalue weighted by molar-refractivity contribution is 0.387. The zero-order valence-electron chi connectivity index (χ0n) is 10.7. The highest BCUT2D eigenvalue weighted by Gasteiger charge is 2.22. The third kappa shape index (κ3) is 1.92. The van der Waals surface area contributed by atoms with E-state index in [4.69, 9.17) is 10.2 Å². The Morgan fingerprint density at radius 2 is 2.39 bits per heavy atom. The first kappa shape index (κ1) is 11.4. The van der Waals surface area contributed by atoms with Crippen LogP contribution in [0.3, 0.4) is 0 Å². The van der Waals surface area contributed by atoms with Crippen LogP contribution >= 0.6 is 0 Å². The van der Waals surface area contributed by atoms with Gasteiger partial charge >= 0.3 is 0 Å². The molecule has 1 aromatic heterocycles. The van der Waals surface area contributed by atoms with Crippen LogP contribution in [0, 0.1) is 5.92 Å². The Balaban J connectivity index is 1.92. The zero-order chi connectivity index (χ0) is 12.5. The summed E-state index contributed by atoms with van der Waals surface area (Å²) >= 11 is 0. The summed E-state index contributed by atoms with van der Waals surface area (Å²) in [6.45, 7) is 4.32. The fourth-order valence-corrected chi connectivity index (χ4v) is 2.67. The molecule has 1 aliphatic heterocycles. The van der Waals surface area contributed by atoms with Crippen molar-refractivity contribution in [2.24, 2.45) is 5.92 Å². The molecule has 0 aliphatic carbocycles. The number of hydrogen-bond donors (Lipinski definition) is 1. The van der Waals surface area contributed by atoms with Crippen molar-refractivity contribution in [2.75, 3.05) is 23.7 Å². The molecule has 0 bridgehead atoms. The number of para-hydroxylation sites is 1. The highest BCUT2D eigenvalue weighted by molar-refractivity contribution is 5.86. The van der Waals surface area contributed by atoms with Gasteiger partial charge in [0.25, 0.3) is 6.01 Å². The number of benzene rings is 1. The van der Waals surface area contributed by atoms with Gasteiger partial charge in [0.2, 0.25) is 0 Å². The maximum Gasteiger partial charge on any atom is 0.298 e. The van der Waals surface area contributed by atoms with Crippen LogP contribution in [0.2, 0.25) is 0 Å². The molecule has 3 rings (SSSR count). The standard InChI is InChI=1S/C14H19N3O/c1-2-10-5-4-8-17(9-10)14-16-13-11(15)6-3-7-12(13)18-14/h3,6-7,10H,2,4-5,8-9,15H2,1H3. The van der Waals surface area contributed by atoms with Crippen molar-refractivity contribution in [3.05, 3.63) is 18.2 Å². The summed E-state index contributed by atoms with van der Waals surface area (Å²) in [5.41, 5.74) is 8.16. The molecule has 0 amide bonds. The van der Waals surface area contributed by atoms with Crippen molar-refractivity contribution < 1.29 is 4.42 Å². The molecule has 1 saturated heterocycles. The first-order chi connectivity index (χ1) is 8.78. The normalized spacial score (nSPS) is 20.5. The van der Waals surface area contributed by atoms with Gasteiger partial charge in [0.05, 0.1) is 5.69 Å². The molecule has 18 heavy (non-hydrogen) atoms. The maximum absolute atomic E-state index is 5.91. The number of nitrogens with zero attached hydrogens (tertiary/aromatic N) is 2. The Hall–Kier alpha value is -1.71. The molecule has 0 saturated carbocycles. The number of hydrogen-bond acceptors (Lipinski definition) is 4. The smallest absolute Gasteiger partial charge is 0.298 e. The van der Waals surface area contributed by atoms with E-state index < -0.39 is 0 Å². The topological polar surface area (TPSA) is 55.3 Å². The lowest BCUT2D eigenvalue weighted by Crippen LogP contribution is -2.35. The first-order valence-electron chi connectivity index (χ1n) is 6.68. The van der Waals surface area contributed by atoms with E-state index >= 15 is 0 Å². The molecule has 4 heteroatoms. The number of aromatic nitrogens is 1. The van der Waals surface area contributed by atoms with Crippen LogP contribution in [0.5, 0.6) is 0 Å². The van der Waals surface area contributed by atoms with Gasteiger partial charge in [-0.1, -0.05) is 19.4 Å². The van der Waals surface area contributed by atoms with Crippen LogP contribution in [0.15, 0.2) is 22.6 Å². The quantitative estimate of drug-likeness (QED) is 0.826. The van der Waals surface area contributed by atoms with E-state index in [-0.39, 0.29) is 0 Å². The van der Waals surface area contributed by atoms with Crippen LogP contribution in [0.4, 0.5) is 11.7 Å². The van der Waals surface area contributed by atoms with Gasteiger partial charge in [-0.05, 0) is 30.9 Å². The lowest BCUT2D eigenvalue weighted by Gasteiger charge is -2.30. The van der Waals surface area contributed by atoms with Crippen LogP contribution in [-0.4, -0.2) is 18.1 Å². The minimum absolute atomic E-state index is 0.687. The Morgan fingerprint density at radius 1 is 1.50 bits per heavy atom. The summed E-state index contributed by atoms with van der Waals surface area (Å²) in [6, 6.07) is 6.40. The maximum atomic E-state index is 5.91. The molecule has 2 heterocycles. The number of rotatable bonds is 2. The van der Waals surface area contributed by atoms with Crippen molar-refractivity contribution >= 4 is 22.8 Å². The number of fused-ring (bicyclic) bond motifs is 1. The van der Waals surface area contributed by atoms with Crippen molar-refractivity contribution in [3.63, 3.8) is 0 Å². The van der Waals surface area contributed by atoms with Crippen molar-refractivity contribution in [2.45, 2.75) is 26.2 Å². The number of anilines is 2. The number of piperidine rings is 1. The van der Waals surface area contributed by atoms with E-state index in [1.165, 1.54) is 19.3 Å². The Bertz CT molecular complexity index is 549. The molecular formula is C14H19N3O. The van der Waals surface area contributed by atoms with E-state index in [0.717, 1.165) is 36.1 Å². The highest BCUT2D eigenvalue weighted by Crippen LogP contribution is 2.29. The number of nitrogens with two attached hydrogens (primary N) is 1. The minimum atomic E-state index is 0.687. The summed E-state index contributed by atoms with van der Waals surface area (Å²) in [5, 5.41) is 0. The molecule has 2 N–H and O–H groups in total. The third-order valence-electron chi connectivity index (χ3n) is 3.81. The number of oxazole rings is 1. The van der Waals surface area contributed by atoms with Crippen LogP contribution < -0.4 is 10.6 Å². The average molecular weight is 245 g/mol. The summed E-state index contributed by atoms with van der Waals surface area (Å²) in [6.07, 6.45) is 3.75. The fourth-order valence-electron chi connectivity index (χ4n) is 2.67. The molecule has 1 aliphatic rings. The SMILES string of the molecule is CCC1CCCN(c2nc3c(N)cccc3o2)C1. The van der Waals surface area contributed by atoms with Crippen molar-refractivity contribution in [3.8, 4) is 0 Å². The largest absolute Gasteiger partial charge is 0.423 e. The van der Waals surface area contributed by atoms with Gasteiger partial charge in [-0.15, -0.1) is 0 Å².